The summed E-state index contributed by atoms with van der Waals surface area (Å²) in [6, 6.07) is -0.519. The number of aromatic hydroxyl groups is 1. The molecule has 1 aromatic rings. The van der Waals surface area contributed by atoms with Crippen LogP contribution in [-0.2, 0) is 35.2 Å². The number of rotatable bonds is 14. The van der Waals surface area contributed by atoms with Crippen molar-refractivity contribution < 1.29 is 49.2 Å². The van der Waals surface area contributed by atoms with Gasteiger partial charge in [-0.2, -0.15) is 0 Å². The van der Waals surface area contributed by atoms with Crippen molar-refractivity contribution in [3.05, 3.63) is 29.8 Å². The van der Waals surface area contributed by atoms with Crippen LogP contribution in [0.3, 0.4) is 0 Å². The van der Waals surface area contributed by atoms with E-state index in [2.05, 4.69) is 10.6 Å². The minimum absolute atomic E-state index is 0.0102. The number of hydrogen-bond donors (Lipinski definition) is 9. The standard InChI is InChI=1S/C20H27N5O10/c21-11(5-9-1-3-10(27)4-2-9)17(31)25-14(8-26)19(33)23-12(6-15(22)28)18(32)24-13(20(34)35)7-16(29)30/h1-4,11-14,26-27H,5-8,21H2,(H2,22,28)(H,23,33)(H,24,32)(H,25,31)(H,29,30)(H,34,35). The van der Waals surface area contributed by atoms with Crippen LogP contribution >= 0.6 is 0 Å². The second kappa shape index (κ2) is 13.5. The van der Waals surface area contributed by atoms with Crippen LogP contribution in [-0.4, -0.2) is 86.8 Å². The fourth-order valence-electron chi connectivity index (χ4n) is 2.78. The minimum atomic E-state index is -1.86. The molecule has 11 N–H and O–H groups in total. The molecular weight excluding hydrogens is 470 g/mol. The van der Waals surface area contributed by atoms with Crippen LogP contribution in [0.25, 0.3) is 0 Å². The Hall–Kier alpha value is -4.24. The molecule has 0 radical (unpaired) electrons. The van der Waals surface area contributed by atoms with Gasteiger partial charge in [0.05, 0.1) is 25.5 Å². The highest BCUT2D eigenvalue weighted by atomic mass is 16.4. The van der Waals surface area contributed by atoms with Crippen molar-refractivity contribution in [3.63, 3.8) is 0 Å². The fourth-order valence-corrected chi connectivity index (χ4v) is 2.78. The topological polar surface area (TPSA) is 271 Å². The first-order chi connectivity index (χ1) is 16.3. The molecule has 0 aliphatic heterocycles. The molecule has 4 atom stereocenters. The van der Waals surface area contributed by atoms with E-state index in [0.29, 0.717) is 5.56 Å². The molecular formula is C20H27N5O10. The molecule has 0 aromatic heterocycles. The first-order valence-corrected chi connectivity index (χ1v) is 10.1. The number of aliphatic hydroxyl groups is 1. The van der Waals surface area contributed by atoms with Crippen molar-refractivity contribution in [2.24, 2.45) is 11.5 Å². The molecule has 35 heavy (non-hydrogen) atoms. The lowest BCUT2D eigenvalue weighted by molar-refractivity contribution is -0.147. The van der Waals surface area contributed by atoms with Crippen molar-refractivity contribution >= 4 is 35.6 Å². The largest absolute Gasteiger partial charge is 0.508 e. The summed E-state index contributed by atoms with van der Waals surface area (Å²) in [6.07, 6.45) is -1.74. The van der Waals surface area contributed by atoms with Gasteiger partial charge in [-0.1, -0.05) is 12.1 Å². The maximum absolute atomic E-state index is 12.5. The summed E-state index contributed by atoms with van der Waals surface area (Å²) in [5.74, 6) is -7.43. The van der Waals surface area contributed by atoms with Crippen LogP contribution in [0.1, 0.15) is 18.4 Å². The lowest BCUT2D eigenvalue weighted by Crippen LogP contribution is -2.58. The van der Waals surface area contributed by atoms with E-state index < -0.39 is 79.2 Å². The number of amides is 4. The van der Waals surface area contributed by atoms with Gasteiger partial charge in [-0.15, -0.1) is 0 Å². The molecule has 0 aliphatic rings. The number of carboxylic acids is 2. The van der Waals surface area contributed by atoms with Crippen LogP contribution in [0.15, 0.2) is 24.3 Å². The summed E-state index contributed by atoms with van der Waals surface area (Å²) >= 11 is 0. The zero-order valence-electron chi connectivity index (χ0n) is 18.3. The van der Waals surface area contributed by atoms with Gasteiger partial charge < -0.3 is 47.8 Å². The van der Waals surface area contributed by atoms with E-state index in [0.717, 1.165) is 0 Å². The predicted octanol–water partition coefficient (Wildman–Crippen LogP) is -3.86. The SMILES string of the molecule is NC(=O)CC(NC(=O)C(CO)NC(=O)C(N)Cc1ccc(O)cc1)C(=O)NC(CC(=O)O)C(=O)O. The number of aliphatic hydroxyl groups excluding tert-OH is 1. The molecule has 0 aliphatic carbocycles. The average molecular weight is 497 g/mol. The van der Waals surface area contributed by atoms with Gasteiger partial charge in [0.1, 0.15) is 23.9 Å². The molecule has 0 bridgehead atoms. The van der Waals surface area contributed by atoms with Gasteiger partial charge >= 0.3 is 11.9 Å². The smallest absolute Gasteiger partial charge is 0.326 e. The third kappa shape index (κ3) is 10.1. The maximum Gasteiger partial charge on any atom is 0.326 e. The third-order valence-electron chi connectivity index (χ3n) is 4.58. The minimum Gasteiger partial charge on any atom is -0.508 e. The molecule has 4 amide bonds. The van der Waals surface area contributed by atoms with Crippen molar-refractivity contribution in [2.75, 3.05) is 6.61 Å². The van der Waals surface area contributed by atoms with Gasteiger partial charge in [-0.25, -0.2) is 4.79 Å². The second-order valence-corrected chi connectivity index (χ2v) is 7.45. The predicted molar refractivity (Wildman–Crippen MR) is 116 cm³/mol. The zero-order chi connectivity index (χ0) is 26.7. The quantitative estimate of drug-likeness (QED) is 0.120. The molecule has 0 heterocycles. The van der Waals surface area contributed by atoms with Gasteiger partial charge in [-0.3, -0.25) is 24.0 Å². The molecule has 15 nitrogen and oxygen atoms in total. The highest BCUT2D eigenvalue weighted by Gasteiger charge is 2.31. The van der Waals surface area contributed by atoms with E-state index in [1.807, 2.05) is 5.32 Å². The number of carboxylic acid groups (broad SMARTS) is 2. The summed E-state index contributed by atoms with van der Waals surface area (Å²) in [5, 5.41) is 42.8. The van der Waals surface area contributed by atoms with E-state index in [-0.39, 0.29) is 12.2 Å². The number of hydrogen-bond acceptors (Lipinski definition) is 9. The lowest BCUT2D eigenvalue weighted by Gasteiger charge is -2.23. The number of benzene rings is 1. The van der Waals surface area contributed by atoms with Crippen LogP contribution in [0.4, 0.5) is 0 Å². The van der Waals surface area contributed by atoms with Crippen LogP contribution in [0.2, 0.25) is 0 Å². The van der Waals surface area contributed by atoms with Gasteiger partial charge in [0.25, 0.3) is 0 Å². The Kier molecular flexibility index (Phi) is 11.1. The van der Waals surface area contributed by atoms with Gasteiger partial charge in [0.15, 0.2) is 0 Å². The number of nitrogens with two attached hydrogens (primary N) is 2. The number of carbonyl (C=O) groups is 6. The lowest BCUT2D eigenvalue weighted by atomic mass is 10.1. The maximum atomic E-state index is 12.5. The molecule has 0 saturated carbocycles. The van der Waals surface area contributed by atoms with Crippen molar-refractivity contribution in [1.82, 2.24) is 16.0 Å². The highest BCUT2D eigenvalue weighted by Crippen LogP contribution is 2.11. The first-order valence-electron chi connectivity index (χ1n) is 10.1. The van der Waals surface area contributed by atoms with Crippen LogP contribution in [0.5, 0.6) is 5.75 Å². The Balaban J connectivity index is 2.85. The molecule has 4 unspecified atom stereocenters. The summed E-state index contributed by atoms with van der Waals surface area (Å²) < 4.78 is 0. The third-order valence-corrected chi connectivity index (χ3v) is 4.58. The van der Waals surface area contributed by atoms with Crippen molar-refractivity contribution in [1.29, 1.82) is 0 Å². The molecule has 1 aromatic carbocycles. The Labute approximate surface area is 198 Å². The normalized spacial score (nSPS) is 14.0. The Morgan fingerprint density at radius 3 is 1.80 bits per heavy atom. The molecule has 0 spiro atoms. The number of aliphatic carboxylic acids is 2. The zero-order valence-corrected chi connectivity index (χ0v) is 18.3. The number of primary amides is 1. The van der Waals surface area contributed by atoms with E-state index in [9.17, 15) is 39.0 Å². The number of phenols is 1. The van der Waals surface area contributed by atoms with Gasteiger partial charge in [0.2, 0.25) is 23.6 Å². The average Bonchev–Trinajstić information content (AvgIpc) is 2.76. The van der Waals surface area contributed by atoms with Gasteiger partial charge in [0, 0.05) is 0 Å². The molecule has 1 rings (SSSR count). The van der Waals surface area contributed by atoms with Crippen LogP contribution < -0.4 is 27.4 Å². The number of carbonyl (C=O) groups excluding carboxylic acids is 4. The summed E-state index contributed by atoms with van der Waals surface area (Å²) in [7, 11) is 0. The summed E-state index contributed by atoms with van der Waals surface area (Å²) in [4.78, 5) is 70.6. The Morgan fingerprint density at radius 2 is 1.31 bits per heavy atom. The van der Waals surface area contributed by atoms with Crippen LogP contribution in [0, 0.1) is 0 Å². The molecule has 192 valence electrons. The van der Waals surface area contributed by atoms with Crippen molar-refractivity contribution in [2.45, 2.75) is 43.4 Å². The summed E-state index contributed by atoms with van der Waals surface area (Å²) in [5.41, 5.74) is 11.5. The monoisotopic (exact) mass is 497 g/mol. The second-order valence-electron chi connectivity index (χ2n) is 7.45. The van der Waals surface area contributed by atoms with E-state index in [4.69, 9.17) is 21.7 Å². The molecule has 15 heteroatoms. The summed E-state index contributed by atoms with van der Waals surface area (Å²) in [6.45, 7) is -0.925. The first kappa shape index (κ1) is 28.8. The van der Waals surface area contributed by atoms with Crippen molar-refractivity contribution in [3.8, 4) is 5.75 Å². The van der Waals surface area contributed by atoms with E-state index >= 15 is 0 Å². The number of phenolic OH excluding ortho intramolecular Hbond substituents is 1. The highest BCUT2D eigenvalue weighted by molar-refractivity contribution is 5.96. The van der Waals surface area contributed by atoms with Gasteiger partial charge in [-0.05, 0) is 24.1 Å². The fraction of sp³-hybridized carbons (Fsp3) is 0.400. The number of nitrogens with one attached hydrogen (secondary N) is 3. The molecule has 0 saturated heterocycles. The van der Waals surface area contributed by atoms with E-state index in [1.165, 1.54) is 24.3 Å². The molecule has 0 fully saturated rings. The Morgan fingerprint density at radius 1 is 0.800 bits per heavy atom. The Bertz CT molecular complexity index is 952. The van der Waals surface area contributed by atoms with E-state index in [1.54, 1.807) is 0 Å².